The van der Waals surface area contributed by atoms with Crippen molar-refractivity contribution >= 4 is 15.5 Å². The zero-order valence-electron chi connectivity index (χ0n) is 10.3. The van der Waals surface area contributed by atoms with Crippen molar-refractivity contribution in [1.82, 2.24) is 0 Å². The summed E-state index contributed by atoms with van der Waals surface area (Å²) in [6.45, 7) is 4.07. The molecule has 0 spiro atoms. The fourth-order valence-corrected chi connectivity index (χ4v) is 2.07. The molecular weight excluding hydrogens is 238 g/mol. The van der Waals surface area contributed by atoms with Gasteiger partial charge < -0.3 is 10.4 Å². The van der Waals surface area contributed by atoms with Crippen molar-refractivity contribution in [3.05, 3.63) is 24.3 Å². The van der Waals surface area contributed by atoms with Crippen LogP contribution in [0.2, 0.25) is 0 Å². The van der Waals surface area contributed by atoms with Gasteiger partial charge in [0.25, 0.3) is 0 Å². The number of hydrogen-bond acceptors (Lipinski definition) is 4. The summed E-state index contributed by atoms with van der Waals surface area (Å²) < 4.78 is 22.5. The van der Waals surface area contributed by atoms with Crippen LogP contribution in [0.4, 0.5) is 5.69 Å². The second-order valence-corrected chi connectivity index (χ2v) is 6.49. The topological polar surface area (TPSA) is 66.4 Å². The van der Waals surface area contributed by atoms with E-state index in [1.165, 1.54) is 6.26 Å². The highest BCUT2D eigenvalue weighted by molar-refractivity contribution is 7.90. The van der Waals surface area contributed by atoms with Gasteiger partial charge in [-0.25, -0.2) is 8.42 Å². The zero-order chi connectivity index (χ0) is 13.1. The van der Waals surface area contributed by atoms with Crippen LogP contribution in [-0.2, 0) is 9.84 Å². The standard InChI is InChI=1S/C12H19NO3S/c1-9(2)12(8-14)13-10-4-6-11(7-5-10)17(3,15)16/h4-7,9,12-14H,8H2,1-3H3. The summed E-state index contributed by atoms with van der Waals surface area (Å²) in [6.07, 6.45) is 1.18. The van der Waals surface area contributed by atoms with E-state index in [2.05, 4.69) is 5.32 Å². The molecule has 1 rings (SSSR count). The van der Waals surface area contributed by atoms with Gasteiger partial charge in [0.05, 0.1) is 17.5 Å². The second-order valence-electron chi connectivity index (χ2n) is 4.47. The van der Waals surface area contributed by atoms with E-state index in [0.29, 0.717) is 10.8 Å². The van der Waals surface area contributed by atoms with Gasteiger partial charge in [0.1, 0.15) is 0 Å². The Balaban J connectivity index is 2.82. The Morgan fingerprint density at radius 3 is 2.12 bits per heavy atom. The smallest absolute Gasteiger partial charge is 0.175 e. The maximum atomic E-state index is 11.3. The van der Waals surface area contributed by atoms with Gasteiger partial charge in [-0.2, -0.15) is 0 Å². The minimum atomic E-state index is -3.15. The molecule has 5 heteroatoms. The lowest BCUT2D eigenvalue weighted by molar-refractivity contribution is 0.249. The van der Waals surface area contributed by atoms with Crippen molar-refractivity contribution in [3.63, 3.8) is 0 Å². The maximum Gasteiger partial charge on any atom is 0.175 e. The lowest BCUT2D eigenvalue weighted by atomic mass is 10.1. The van der Waals surface area contributed by atoms with Crippen LogP contribution in [0.1, 0.15) is 13.8 Å². The van der Waals surface area contributed by atoms with Gasteiger partial charge in [-0.3, -0.25) is 0 Å². The molecule has 0 saturated heterocycles. The molecule has 1 aromatic rings. The van der Waals surface area contributed by atoms with E-state index in [1.807, 2.05) is 13.8 Å². The van der Waals surface area contributed by atoms with Crippen molar-refractivity contribution < 1.29 is 13.5 Å². The molecule has 0 aliphatic rings. The Bertz CT molecular complexity index is 451. The Hall–Kier alpha value is -1.07. The Morgan fingerprint density at radius 2 is 1.76 bits per heavy atom. The van der Waals surface area contributed by atoms with Crippen molar-refractivity contribution in [2.45, 2.75) is 24.8 Å². The largest absolute Gasteiger partial charge is 0.394 e. The fourth-order valence-electron chi connectivity index (χ4n) is 1.44. The van der Waals surface area contributed by atoms with Crippen molar-refractivity contribution in [1.29, 1.82) is 0 Å². The van der Waals surface area contributed by atoms with Crippen LogP contribution in [-0.4, -0.2) is 32.4 Å². The lowest BCUT2D eigenvalue weighted by Gasteiger charge is -2.21. The molecule has 2 N–H and O–H groups in total. The average molecular weight is 257 g/mol. The first-order valence-corrected chi connectivity index (χ1v) is 7.41. The van der Waals surface area contributed by atoms with Crippen molar-refractivity contribution in [3.8, 4) is 0 Å². The summed E-state index contributed by atoms with van der Waals surface area (Å²) in [5.74, 6) is 0.301. The zero-order valence-corrected chi connectivity index (χ0v) is 11.2. The molecule has 96 valence electrons. The summed E-state index contributed by atoms with van der Waals surface area (Å²) in [7, 11) is -3.15. The van der Waals surface area contributed by atoms with Crippen LogP contribution >= 0.6 is 0 Å². The van der Waals surface area contributed by atoms with E-state index in [-0.39, 0.29) is 12.6 Å². The molecule has 0 bridgehead atoms. The average Bonchev–Trinajstić information content (AvgIpc) is 2.25. The van der Waals surface area contributed by atoms with Crippen molar-refractivity contribution in [2.75, 3.05) is 18.2 Å². The molecular formula is C12H19NO3S. The van der Waals surface area contributed by atoms with E-state index < -0.39 is 9.84 Å². The number of hydrogen-bond donors (Lipinski definition) is 2. The SMILES string of the molecule is CC(C)C(CO)Nc1ccc(S(C)(=O)=O)cc1. The molecule has 0 fully saturated rings. The molecule has 1 atom stereocenters. The van der Waals surface area contributed by atoms with Crippen LogP contribution in [0.25, 0.3) is 0 Å². The Labute approximate surface area is 103 Å². The molecule has 0 aromatic heterocycles. The first-order chi connectivity index (χ1) is 7.84. The Kier molecular flexibility index (Phi) is 4.54. The summed E-state index contributed by atoms with van der Waals surface area (Å²) in [4.78, 5) is 0.299. The third-order valence-corrected chi connectivity index (χ3v) is 3.76. The van der Waals surface area contributed by atoms with E-state index in [0.717, 1.165) is 5.69 Å². The van der Waals surface area contributed by atoms with Gasteiger partial charge in [-0.15, -0.1) is 0 Å². The normalized spacial score (nSPS) is 13.7. The lowest BCUT2D eigenvalue weighted by Crippen LogP contribution is -2.29. The number of aliphatic hydroxyl groups is 1. The summed E-state index contributed by atoms with van der Waals surface area (Å²) in [5.41, 5.74) is 0.810. The molecule has 0 aliphatic carbocycles. The number of sulfone groups is 1. The van der Waals surface area contributed by atoms with E-state index in [9.17, 15) is 13.5 Å². The molecule has 17 heavy (non-hydrogen) atoms. The van der Waals surface area contributed by atoms with Crippen LogP contribution in [0.3, 0.4) is 0 Å². The summed E-state index contributed by atoms with van der Waals surface area (Å²) in [6, 6.07) is 6.51. The molecule has 0 aliphatic heterocycles. The highest BCUT2D eigenvalue weighted by Gasteiger charge is 2.12. The quantitative estimate of drug-likeness (QED) is 0.839. The number of nitrogens with one attached hydrogen (secondary N) is 1. The predicted molar refractivity (Wildman–Crippen MR) is 68.9 cm³/mol. The molecule has 0 heterocycles. The number of anilines is 1. The molecule has 0 amide bonds. The minimum absolute atomic E-state index is 0.0286. The van der Waals surface area contributed by atoms with Gasteiger partial charge >= 0.3 is 0 Å². The highest BCUT2D eigenvalue weighted by Crippen LogP contribution is 2.16. The first kappa shape index (κ1) is 14.0. The van der Waals surface area contributed by atoms with Crippen molar-refractivity contribution in [2.24, 2.45) is 5.92 Å². The van der Waals surface area contributed by atoms with Gasteiger partial charge in [0.2, 0.25) is 0 Å². The van der Waals surface area contributed by atoms with E-state index >= 15 is 0 Å². The minimum Gasteiger partial charge on any atom is -0.394 e. The van der Waals surface area contributed by atoms with Crippen LogP contribution in [0, 0.1) is 5.92 Å². The maximum absolute atomic E-state index is 11.3. The summed E-state index contributed by atoms with van der Waals surface area (Å²) >= 11 is 0. The van der Waals surface area contributed by atoms with Crippen LogP contribution in [0.5, 0.6) is 0 Å². The molecule has 1 aromatic carbocycles. The van der Waals surface area contributed by atoms with Crippen LogP contribution in [0.15, 0.2) is 29.2 Å². The second kappa shape index (κ2) is 5.51. The predicted octanol–water partition coefficient (Wildman–Crippen LogP) is 1.52. The first-order valence-electron chi connectivity index (χ1n) is 5.52. The monoisotopic (exact) mass is 257 g/mol. The van der Waals surface area contributed by atoms with Crippen LogP contribution < -0.4 is 5.32 Å². The number of aliphatic hydroxyl groups excluding tert-OH is 1. The van der Waals surface area contributed by atoms with E-state index in [1.54, 1.807) is 24.3 Å². The third kappa shape index (κ3) is 4.02. The molecule has 0 radical (unpaired) electrons. The number of benzene rings is 1. The molecule has 4 nitrogen and oxygen atoms in total. The van der Waals surface area contributed by atoms with Gasteiger partial charge in [0, 0.05) is 11.9 Å². The van der Waals surface area contributed by atoms with E-state index in [4.69, 9.17) is 0 Å². The summed E-state index contributed by atoms with van der Waals surface area (Å²) in [5, 5.41) is 12.3. The number of rotatable bonds is 5. The van der Waals surface area contributed by atoms with Gasteiger partial charge in [0.15, 0.2) is 9.84 Å². The molecule has 0 saturated carbocycles. The highest BCUT2D eigenvalue weighted by atomic mass is 32.2. The molecule has 1 unspecified atom stereocenters. The fraction of sp³-hybridized carbons (Fsp3) is 0.500. The Morgan fingerprint density at radius 1 is 1.24 bits per heavy atom. The van der Waals surface area contributed by atoms with Gasteiger partial charge in [-0.1, -0.05) is 13.8 Å². The van der Waals surface area contributed by atoms with Gasteiger partial charge in [-0.05, 0) is 30.2 Å². The third-order valence-electron chi connectivity index (χ3n) is 2.64.